The molecule has 2 heteroatoms. The maximum Gasteiger partial charge on any atom is 0.202 e. The Morgan fingerprint density at radius 2 is 2.11 bits per heavy atom. The Bertz CT molecular complexity index is 99.1. The predicted octanol–water partition coefficient (Wildman–Crippen LogP) is 2.00. The van der Waals surface area contributed by atoms with Crippen LogP contribution in [0, 0.1) is 11.3 Å². The number of alkyl halides is 1. The van der Waals surface area contributed by atoms with Crippen molar-refractivity contribution < 1.29 is 4.79 Å². The molecule has 0 fully saturated rings. The van der Waals surface area contributed by atoms with Crippen molar-refractivity contribution in [3.63, 3.8) is 0 Å². The maximum atomic E-state index is 10.1. The van der Waals surface area contributed by atoms with Crippen LogP contribution in [0.3, 0.4) is 0 Å². The number of carbonyl (C=O) groups excluding carboxylic acids is 1. The molecule has 1 nitrogen and oxygen atoms in total. The fourth-order valence-corrected chi connectivity index (χ4v) is 0.507. The highest BCUT2D eigenvalue weighted by molar-refractivity contribution is 6.18. The van der Waals surface area contributed by atoms with Crippen molar-refractivity contribution in [1.29, 1.82) is 0 Å². The molecule has 0 N–H and O–H groups in total. The monoisotopic (exact) mass is 147 g/mol. The lowest BCUT2D eigenvalue weighted by Crippen LogP contribution is -2.24. The van der Waals surface area contributed by atoms with E-state index >= 15 is 0 Å². The van der Waals surface area contributed by atoms with Crippen LogP contribution in [0.4, 0.5) is 0 Å². The molecule has 0 rings (SSSR count). The molecule has 0 aromatic heterocycles. The van der Waals surface area contributed by atoms with Crippen LogP contribution in [-0.2, 0) is 4.79 Å². The summed E-state index contributed by atoms with van der Waals surface area (Å²) in [7, 11) is 0. The zero-order valence-electron chi connectivity index (χ0n) is 6.07. The maximum absolute atomic E-state index is 10.1. The van der Waals surface area contributed by atoms with Crippen LogP contribution in [0.2, 0.25) is 0 Å². The van der Waals surface area contributed by atoms with E-state index in [9.17, 15) is 4.79 Å². The number of hydrogen-bond donors (Lipinski definition) is 0. The van der Waals surface area contributed by atoms with E-state index < -0.39 is 0 Å². The van der Waals surface area contributed by atoms with Gasteiger partial charge >= 0.3 is 0 Å². The van der Waals surface area contributed by atoms with E-state index in [1.54, 1.807) is 0 Å². The predicted molar refractivity (Wildman–Crippen MR) is 39.4 cm³/mol. The van der Waals surface area contributed by atoms with Gasteiger partial charge in [-0.05, 0) is 5.41 Å². The normalized spacial score (nSPS) is 15.1. The number of hydrogen-bond acceptors (Lipinski definition) is 1. The van der Waals surface area contributed by atoms with Gasteiger partial charge in [-0.3, -0.25) is 4.79 Å². The van der Waals surface area contributed by atoms with E-state index in [-0.39, 0.29) is 11.3 Å². The quantitative estimate of drug-likeness (QED) is 0.558. The van der Waals surface area contributed by atoms with E-state index in [0.29, 0.717) is 5.88 Å². The molecule has 53 valence electrons. The van der Waals surface area contributed by atoms with Crippen LogP contribution in [0.5, 0.6) is 0 Å². The highest BCUT2D eigenvalue weighted by Crippen LogP contribution is 2.25. The fourth-order valence-electron chi connectivity index (χ4n) is 0.275. The fraction of sp³-hybridized carbons (Fsp3) is 0.857. The van der Waals surface area contributed by atoms with E-state index in [1.165, 1.54) is 0 Å². The summed E-state index contributed by atoms with van der Waals surface area (Å²) in [6.45, 7) is 5.74. The molecule has 0 bridgehead atoms. The molecule has 0 spiro atoms. The van der Waals surface area contributed by atoms with Gasteiger partial charge in [0.15, 0.2) is 0 Å². The van der Waals surface area contributed by atoms with Crippen LogP contribution in [0.1, 0.15) is 20.8 Å². The lowest BCUT2D eigenvalue weighted by Gasteiger charge is -2.23. The summed E-state index contributed by atoms with van der Waals surface area (Å²) < 4.78 is 0. The Labute approximate surface area is 61.4 Å². The molecule has 0 saturated carbocycles. The van der Waals surface area contributed by atoms with Gasteiger partial charge in [0.25, 0.3) is 0 Å². The first kappa shape index (κ1) is 8.96. The van der Waals surface area contributed by atoms with Crippen LogP contribution in [0.25, 0.3) is 0 Å². The Morgan fingerprint density at radius 1 is 1.67 bits per heavy atom. The third kappa shape index (κ3) is 2.35. The second-order valence-corrected chi connectivity index (χ2v) is 3.23. The first-order valence-corrected chi connectivity index (χ1v) is 3.51. The molecular formula is C7H12ClO. The minimum absolute atomic E-state index is 0.0741. The molecular weight excluding hydrogens is 136 g/mol. The number of halogens is 1. The van der Waals surface area contributed by atoms with Gasteiger partial charge in [-0.15, -0.1) is 11.6 Å². The molecule has 0 aromatic carbocycles. The Kier molecular flexibility index (Phi) is 3.20. The zero-order chi connectivity index (χ0) is 7.49. The first-order chi connectivity index (χ1) is 4.04. The summed E-state index contributed by atoms with van der Waals surface area (Å²) >= 11 is 5.59. The van der Waals surface area contributed by atoms with Crippen molar-refractivity contribution in [2.45, 2.75) is 20.8 Å². The molecule has 1 unspecified atom stereocenters. The van der Waals surface area contributed by atoms with Gasteiger partial charge in [0.05, 0.1) is 0 Å². The van der Waals surface area contributed by atoms with Crippen molar-refractivity contribution in [1.82, 2.24) is 0 Å². The molecule has 0 amide bonds. The van der Waals surface area contributed by atoms with Crippen LogP contribution < -0.4 is 0 Å². The highest BCUT2D eigenvalue weighted by Gasteiger charge is 2.24. The molecule has 0 heterocycles. The third-order valence-electron chi connectivity index (χ3n) is 1.69. The summed E-state index contributed by atoms with van der Waals surface area (Å²) in [5.41, 5.74) is -0.108. The average molecular weight is 148 g/mol. The lowest BCUT2D eigenvalue weighted by atomic mass is 9.83. The average Bonchev–Trinajstić information content (AvgIpc) is 1.86. The van der Waals surface area contributed by atoms with E-state index in [4.69, 9.17) is 11.6 Å². The Morgan fingerprint density at radius 3 is 2.22 bits per heavy atom. The second-order valence-electron chi connectivity index (χ2n) is 2.96. The van der Waals surface area contributed by atoms with Crippen molar-refractivity contribution in [2.75, 3.05) is 5.88 Å². The molecule has 0 saturated heterocycles. The topological polar surface area (TPSA) is 17.1 Å². The summed E-state index contributed by atoms with van der Waals surface area (Å²) in [4.78, 5) is 10.1. The highest BCUT2D eigenvalue weighted by atomic mass is 35.5. The zero-order valence-corrected chi connectivity index (χ0v) is 6.83. The molecule has 1 atom stereocenters. The minimum atomic E-state index is -0.108. The van der Waals surface area contributed by atoms with Crippen molar-refractivity contribution >= 4 is 17.9 Å². The lowest BCUT2D eigenvalue weighted by molar-refractivity contribution is 0.327. The largest absolute Gasteiger partial charge is 0.291 e. The standard InChI is InChI=1S/C7H12ClO/c1-6(4-9)7(2,3)5-8/h6H,5H2,1-3H3. The number of rotatable bonds is 3. The van der Waals surface area contributed by atoms with Gasteiger partial charge in [-0.2, -0.15) is 0 Å². The summed E-state index contributed by atoms with van der Waals surface area (Å²) in [5.74, 6) is 0.429. The Balaban J connectivity index is 3.95. The molecule has 0 aliphatic heterocycles. The van der Waals surface area contributed by atoms with E-state index in [1.807, 2.05) is 27.1 Å². The SMILES string of the molecule is CC([C]=O)C(C)(C)CCl. The molecule has 0 aromatic rings. The van der Waals surface area contributed by atoms with Gasteiger partial charge in [0, 0.05) is 11.8 Å². The van der Waals surface area contributed by atoms with E-state index in [0.717, 1.165) is 0 Å². The molecule has 9 heavy (non-hydrogen) atoms. The van der Waals surface area contributed by atoms with Gasteiger partial charge in [-0.1, -0.05) is 20.8 Å². The van der Waals surface area contributed by atoms with Gasteiger partial charge in [0.2, 0.25) is 6.29 Å². The molecule has 0 aliphatic rings. The smallest absolute Gasteiger partial charge is 0.202 e. The van der Waals surface area contributed by atoms with Crippen molar-refractivity contribution in [3.8, 4) is 0 Å². The second kappa shape index (κ2) is 3.21. The summed E-state index contributed by atoms with van der Waals surface area (Å²) in [6.07, 6.45) is 1.92. The summed E-state index contributed by atoms with van der Waals surface area (Å²) in [6, 6.07) is 0. The van der Waals surface area contributed by atoms with E-state index in [2.05, 4.69) is 0 Å². The van der Waals surface area contributed by atoms with Crippen LogP contribution in [-0.4, -0.2) is 12.2 Å². The molecule has 0 aliphatic carbocycles. The van der Waals surface area contributed by atoms with Gasteiger partial charge < -0.3 is 0 Å². The minimum Gasteiger partial charge on any atom is -0.291 e. The summed E-state index contributed by atoms with van der Waals surface area (Å²) in [5, 5.41) is 0. The van der Waals surface area contributed by atoms with Crippen LogP contribution in [0.15, 0.2) is 0 Å². The first-order valence-electron chi connectivity index (χ1n) is 2.98. The Hall–Kier alpha value is -0.0400. The van der Waals surface area contributed by atoms with Crippen molar-refractivity contribution in [2.24, 2.45) is 11.3 Å². The van der Waals surface area contributed by atoms with Crippen LogP contribution >= 0.6 is 11.6 Å². The van der Waals surface area contributed by atoms with Gasteiger partial charge in [-0.25, -0.2) is 0 Å². The molecule has 1 radical (unpaired) electrons. The third-order valence-corrected chi connectivity index (χ3v) is 2.38. The van der Waals surface area contributed by atoms with Crippen molar-refractivity contribution in [3.05, 3.63) is 0 Å². The van der Waals surface area contributed by atoms with Gasteiger partial charge in [0.1, 0.15) is 0 Å².